The lowest BCUT2D eigenvalue weighted by atomic mass is 9.96. The maximum Gasteiger partial charge on any atom is 0.323 e. The molecule has 5 amide bonds. The van der Waals surface area contributed by atoms with E-state index < -0.39 is 18.2 Å². The highest BCUT2D eigenvalue weighted by Gasteiger charge is 2.34. The zero-order chi connectivity index (χ0) is 30.5. The van der Waals surface area contributed by atoms with Gasteiger partial charge in [-0.15, -0.1) is 0 Å². The monoisotopic (exact) mass is 595 g/mol. The number of likely N-dealkylation sites (N-methyl/N-ethyl adjacent to an activating group) is 1. The summed E-state index contributed by atoms with van der Waals surface area (Å²) in [5.74, 6) is 1.04. The van der Waals surface area contributed by atoms with Crippen LogP contribution in [0, 0.1) is 5.92 Å². The summed E-state index contributed by atoms with van der Waals surface area (Å²) >= 11 is 0. The van der Waals surface area contributed by atoms with Crippen molar-refractivity contribution in [2.45, 2.75) is 64.1 Å². The molecule has 0 saturated heterocycles. The molecule has 12 heteroatoms. The fourth-order valence-corrected chi connectivity index (χ4v) is 5.67. The quantitative estimate of drug-likeness (QED) is 0.375. The largest absolute Gasteiger partial charge is 0.487 e. The lowest BCUT2D eigenvalue weighted by Crippen LogP contribution is -2.52. The molecule has 4 N–H and O–H groups in total. The first-order valence-corrected chi connectivity index (χ1v) is 14.9. The van der Waals surface area contributed by atoms with Crippen molar-refractivity contribution in [2.24, 2.45) is 5.92 Å². The van der Waals surface area contributed by atoms with Gasteiger partial charge in [0.1, 0.15) is 11.9 Å². The van der Waals surface area contributed by atoms with Crippen LogP contribution in [0.2, 0.25) is 0 Å². The van der Waals surface area contributed by atoms with Crippen LogP contribution in [0.1, 0.15) is 56.3 Å². The third kappa shape index (κ3) is 7.24. The van der Waals surface area contributed by atoms with Gasteiger partial charge in [0.15, 0.2) is 11.5 Å². The van der Waals surface area contributed by atoms with Crippen LogP contribution in [0.3, 0.4) is 0 Å². The normalized spacial score (nSPS) is 20.7. The van der Waals surface area contributed by atoms with Gasteiger partial charge >= 0.3 is 12.1 Å². The van der Waals surface area contributed by atoms with Crippen molar-refractivity contribution in [3.63, 3.8) is 0 Å². The summed E-state index contributed by atoms with van der Waals surface area (Å²) in [6.07, 6.45) is 5.01. The van der Waals surface area contributed by atoms with E-state index in [1.54, 1.807) is 60.2 Å². The number of rotatable bonds is 7. The van der Waals surface area contributed by atoms with Crippen molar-refractivity contribution in [3.8, 4) is 17.2 Å². The highest BCUT2D eigenvalue weighted by atomic mass is 16.7. The zero-order valence-corrected chi connectivity index (χ0v) is 24.9. The molecule has 0 aromatic heterocycles. The second-order valence-corrected chi connectivity index (χ2v) is 11.6. The van der Waals surface area contributed by atoms with Gasteiger partial charge < -0.3 is 45.1 Å². The number of carbonyl (C=O) groups excluding carboxylic acids is 3. The molecule has 2 aromatic rings. The summed E-state index contributed by atoms with van der Waals surface area (Å²) in [5.41, 5.74) is 1.16. The predicted molar refractivity (Wildman–Crippen MR) is 161 cm³/mol. The Balaban J connectivity index is 1.32. The minimum Gasteiger partial charge on any atom is -0.487 e. The van der Waals surface area contributed by atoms with Crippen LogP contribution in [0.5, 0.6) is 17.2 Å². The van der Waals surface area contributed by atoms with Crippen molar-refractivity contribution in [3.05, 3.63) is 42.0 Å². The summed E-state index contributed by atoms with van der Waals surface area (Å²) in [6, 6.07) is 9.06. The van der Waals surface area contributed by atoms with Crippen molar-refractivity contribution in [1.29, 1.82) is 0 Å². The standard InChI is InChI=1S/C31H41N5O7/c1-19-15-36(20(2)17-37)29(38)24-13-22(32-30(39)33-23-10-12-26-27(14-23)42-18-41-26)9-11-25(24)43-28(19)16-35(3)31(40)34-21-7-5-4-6-8-21/h9-14,19-21,28,37H,4-8,15-18H2,1-3H3,(H,34,40)(H2,32,33,39)/t19-,20+,28+/m0/s1. The Morgan fingerprint density at radius 2 is 1.70 bits per heavy atom. The number of anilines is 2. The topological polar surface area (TPSA) is 142 Å². The van der Waals surface area contributed by atoms with E-state index in [4.69, 9.17) is 14.2 Å². The zero-order valence-electron chi connectivity index (χ0n) is 24.9. The van der Waals surface area contributed by atoms with Crippen LogP contribution in [-0.2, 0) is 0 Å². The molecule has 0 unspecified atom stereocenters. The smallest absolute Gasteiger partial charge is 0.323 e. The van der Waals surface area contributed by atoms with Crippen molar-refractivity contribution >= 4 is 29.3 Å². The highest BCUT2D eigenvalue weighted by molar-refractivity contribution is 6.02. The van der Waals surface area contributed by atoms with E-state index in [1.165, 1.54) is 6.42 Å². The van der Waals surface area contributed by atoms with Gasteiger partial charge in [0.05, 0.1) is 24.8 Å². The van der Waals surface area contributed by atoms with Gasteiger partial charge in [0.25, 0.3) is 5.91 Å². The van der Waals surface area contributed by atoms with Crippen LogP contribution in [-0.4, -0.2) is 84.6 Å². The molecule has 5 rings (SSSR count). The van der Waals surface area contributed by atoms with E-state index in [9.17, 15) is 19.5 Å². The Morgan fingerprint density at radius 3 is 2.42 bits per heavy atom. The Bertz CT molecular complexity index is 1330. The van der Waals surface area contributed by atoms with Gasteiger partial charge in [-0.3, -0.25) is 4.79 Å². The summed E-state index contributed by atoms with van der Waals surface area (Å²) in [7, 11) is 1.75. The summed E-state index contributed by atoms with van der Waals surface area (Å²) in [5, 5.41) is 18.6. The van der Waals surface area contributed by atoms with Crippen LogP contribution in [0.4, 0.5) is 21.0 Å². The average molecular weight is 596 g/mol. The molecule has 0 bridgehead atoms. The third-order valence-corrected chi connectivity index (χ3v) is 8.29. The molecule has 43 heavy (non-hydrogen) atoms. The Labute approximate surface area is 251 Å². The summed E-state index contributed by atoms with van der Waals surface area (Å²) in [4.78, 5) is 42.8. The molecular weight excluding hydrogens is 554 g/mol. The number of benzene rings is 2. The number of nitrogens with zero attached hydrogens (tertiary/aromatic N) is 2. The number of nitrogens with one attached hydrogen (secondary N) is 3. The number of amides is 5. The molecule has 1 fully saturated rings. The minimum atomic E-state index is -0.504. The van der Waals surface area contributed by atoms with Gasteiger partial charge in [-0.25, -0.2) is 9.59 Å². The van der Waals surface area contributed by atoms with E-state index in [0.717, 1.165) is 25.7 Å². The fraction of sp³-hybridized carbons (Fsp3) is 0.516. The number of ether oxygens (including phenoxy) is 3. The lowest BCUT2D eigenvalue weighted by molar-refractivity contribution is 0.0366. The number of hydrogen-bond donors (Lipinski definition) is 4. The number of hydrogen-bond acceptors (Lipinski definition) is 7. The average Bonchev–Trinajstić information content (AvgIpc) is 3.47. The minimum absolute atomic E-state index is 0.131. The van der Waals surface area contributed by atoms with Crippen molar-refractivity contribution in [2.75, 3.05) is 44.2 Å². The second-order valence-electron chi connectivity index (χ2n) is 11.6. The van der Waals surface area contributed by atoms with E-state index in [2.05, 4.69) is 16.0 Å². The van der Waals surface area contributed by atoms with Gasteiger partial charge in [-0.1, -0.05) is 26.2 Å². The molecule has 12 nitrogen and oxygen atoms in total. The first-order chi connectivity index (χ1) is 20.7. The molecule has 2 heterocycles. The molecule has 2 aliphatic heterocycles. The summed E-state index contributed by atoms with van der Waals surface area (Å²) in [6.45, 7) is 4.32. The molecule has 232 valence electrons. The molecule has 1 saturated carbocycles. The molecule has 2 aromatic carbocycles. The number of fused-ring (bicyclic) bond motifs is 2. The van der Waals surface area contributed by atoms with E-state index in [1.807, 2.05) is 6.92 Å². The van der Waals surface area contributed by atoms with Gasteiger partial charge in [-0.05, 0) is 50.1 Å². The van der Waals surface area contributed by atoms with Crippen LogP contribution < -0.4 is 30.2 Å². The lowest BCUT2D eigenvalue weighted by Gasteiger charge is -2.38. The number of urea groups is 2. The van der Waals surface area contributed by atoms with Crippen molar-refractivity contribution < 1.29 is 33.7 Å². The maximum atomic E-state index is 13.7. The highest BCUT2D eigenvalue weighted by Crippen LogP contribution is 2.34. The fourth-order valence-electron chi connectivity index (χ4n) is 5.67. The van der Waals surface area contributed by atoms with E-state index >= 15 is 0 Å². The van der Waals surface area contributed by atoms with Gasteiger partial charge in [-0.2, -0.15) is 0 Å². The first-order valence-electron chi connectivity index (χ1n) is 14.9. The summed E-state index contributed by atoms with van der Waals surface area (Å²) < 4.78 is 17.1. The SMILES string of the molecule is C[C@H](CO)N1C[C@H](C)[C@@H](CN(C)C(=O)NC2CCCCC2)Oc2ccc(NC(=O)Nc3ccc4c(c3)OCO4)cc2C1=O. The van der Waals surface area contributed by atoms with Crippen LogP contribution in [0.25, 0.3) is 0 Å². The third-order valence-electron chi connectivity index (χ3n) is 8.29. The number of carbonyl (C=O) groups is 3. The molecule has 3 atom stereocenters. The van der Waals surface area contributed by atoms with Gasteiger partial charge in [0.2, 0.25) is 6.79 Å². The molecular formula is C31H41N5O7. The molecule has 0 radical (unpaired) electrons. The first kappa shape index (κ1) is 30.3. The maximum absolute atomic E-state index is 13.7. The second kappa shape index (κ2) is 13.4. The number of aliphatic hydroxyl groups is 1. The Morgan fingerprint density at radius 1 is 1.02 bits per heavy atom. The van der Waals surface area contributed by atoms with Gasteiger partial charge in [0, 0.05) is 43.0 Å². The molecule has 1 aliphatic carbocycles. The van der Waals surface area contributed by atoms with E-state index in [0.29, 0.717) is 41.7 Å². The Hall–Kier alpha value is -4.19. The predicted octanol–water partition coefficient (Wildman–Crippen LogP) is 4.25. The van der Waals surface area contributed by atoms with Crippen LogP contribution in [0.15, 0.2) is 36.4 Å². The van der Waals surface area contributed by atoms with E-state index in [-0.39, 0.29) is 42.9 Å². The van der Waals surface area contributed by atoms with Crippen LogP contribution >= 0.6 is 0 Å². The number of aliphatic hydroxyl groups excluding tert-OH is 1. The van der Waals surface area contributed by atoms with Crippen molar-refractivity contribution in [1.82, 2.24) is 15.1 Å². The Kier molecular flexibility index (Phi) is 9.44. The molecule has 0 spiro atoms. The molecule has 3 aliphatic rings.